The minimum atomic E-state index is -0.440. The first-order valence-electron chi connectivity index (χ1n) is 5.56. The molecule has 0 aliphatic heterocycles. The molecule has 2 rings (SSSR count). The van der Waals surface area contributed by atoms with E-state index < -0.39 is 5.60 Å². The quantitative estimate of drug-likeness (QED) is 0.813. The zero-order chi connectivity index (χ0) is 11.8. The SMILES string of the molecule is CC(C)(C)OC(=O)Nc1cc2c(s1)CCC2. The molecule has 0 bridgehead atoms. The lowest BCUT2D eigenvalue weighted by Gasteiger charge is -2.19. The number of hydrogen-bond acceptors (Lipinski definition) is 3. The van der Waals surface area contributed by atoms with E-state index in [1.807, 2.05) is 20.8 Å². The topological polar surface area (TPSA) is 38.3 Å². The summed E-state index contributed by atoms with van der Waals surface area (Å²) in [6.45, 7) is 5.59. The van der Waals surface area contributed by atoms with E-state index in [1.54, 1.807) is 11.3 Å². The van der Waals surface area contributed by atoms with Crippen LogP contribution in [0.4, 0.5) is 9.80 Å². The molecule has 1 heterocycles. The molecule has 1 aliphatic carbocycles. The van der Waals surface area contributed by atoms with Gasteiger partial charge in [-0.15, -0.1) is 11.3 Å². The maximum Gasteiger partial charge on any atom is 0.412 e. The second kappa shape index (κ2) is 4.09. The summed E-state index contributed by atoms with van der Waals surface area (Å²) >= 11 is 1.66. The molecule has 0 fully saturated rings. The number of amides is 1. The van der Waals surface area contributed by atoms with Crippen molar-refractivity contribution < 1.29 is 9.53 Å². The summed E-state index contributed by atoms with van der Waals surface area (Å²) in [5.74, 6) is 0. The maximum atomic E-state index is 11.5. The number of carbonyl (C=O) groups is 1. The molecule has 0 spiro atoms. The molecule has 0 atom stereocenters. The summed E-state index contributed by atoms with van der Waals surface area (Å²) < 4.78 is 5.20. The van der Waals surface area contributed by atoms with Crippen LogP contribution in [0.1, 0.15) is 37.6 Å². The zero-order valence-corrected chi connectivity index (χ0v) is 10.7. The Bertz CT molecular complexity index is 382. The highest BCUT2D eigenvalue weighted by Crippen LogP contribution is 2.33. The Labute approximate surface area is 99.8 Å². The van der Waals surface area contributed by atoms with Crippen LogP contribution in [0.3, 0.4) is 0 Å². The fourth-order valence-electron chi connectivity index (χ4n) is 1.79. The van der Waals surface area contributed by atoms with Crippen LogP contribution in [-0.4, -0.2) is 11.7 Å². The van der Waals surface area contributed by atoms with E-state index in [0.29, 0.717) is 0 Å². The number of rotatable bonds is 1. The molecule has 0 radical (unpaired) electrons. The van der Waals surface area contributed by atoms with E-state index in [2.05, 4.69) is 11.4 Å². The van der Waals surface area contributed by atoms with Crippen molar-refractivity contribution in [3.8, 4) is 0 Å². The molecule has 3 nitrogen and oxygen atoms in total. The van der Waals surface area contributed by atoms with Crippen molar-refractivity contribution in [2.75, 3.05) is 5.32 Å². The third kappa shape index (κ3) is 2.76. The third-order valence-corrected chi connectivity index (χ3v) is 3.52. The highest BCUT2D eigenvalue weighted by Gasteiger charge is 2.19. The van der Waals surface area contributed by atoms with E-state index in [-0.39, 0.29) is 6.09 Å². The summed E-state index contributed by atoms with van der Waals surface area (Å²) in [7, 11) is 0. The highest BCUT2D eigenvalue weighted by atomic mass is 32.1. The van der Waals surface area contributed by atoms with Gasteiger partial charge in [0.05, 0.1) is 5.00 Å². The Hall–Kier alpha value is -1.03. The number of anilines is 1. The van der Waals surface area contributed by atoms with Gasteiger partial charge >= 0.3 is 6.09 Å². The molecule has 0 saturated carbocycles. The number of ether oxygens (including phenoxy) is 1. The summed E-state index contributed by atoms with van der Waals surface area (Å²) in [4.78, 5) is 12.9. The number of hydrogen-bond donors (Lipinski definition) is 1. The minimum Gasteiger partial charge on any atom is -0.444 e. The second-order valence-corrected chi connectivity index (χ2v) is 6.18. The molecule has 1 aliphatic rings. The van der Waals surface area contributed by atoms with Crippen molar-refractivity contribution >= 4 is 22.4 Å². The van der Waals surface area contributed by atoms with Crippen LogP contribution in [-0.2, 0) is 17.6 Å². The van der Waals surface area contributed by atoms with Gasteiger partial charge in [0.25, 0.3) is 0 Å². The van der Waals surface area contributed by atoms with Crippen molar-refractivity contribution in [3.63, 3.8) is 0 Å². The molecule has 1 aromatic rings. The van der Waals surface area contributed by atoms with Crippen LogP contribution >= 0.6 is 11.3 Å². The Morgan fingerprint density at radius 3 is 2.81 bits per heavy atom. The van der Waals surface area contributed by atoms with Crippen molar-refractivity contribution in [1.29, 1.82) is 0 Å². The van der Waals surface area contributed by atoms with Crippen LogP contribution in [0.25, 0.3) is 0 Å². The fraction of sp³-hybridized carbons (Fsp3) is 0.583. The lowest BCUT2D eigenvalue weighted by Crippen LogP contribution is -2.26. The first-order valence-corrected chi connectivity index (χ1v) is 6.37. The van der Waals surface area contributed by atoms with Crippen LogP contribution in [0.5, 0.6) is 0 Å². The molecule has 0 unspecified atom stereocenters. The van der Waals surface area contributed by atoms with Gasteiger partial charge in [-0.05, 0) is 51.7 Å². The molecule has 0 aromatic carbocycles. The standard InChI is InChI=1S/C12H17NO2S/c1-12(2,3)15-11(14)13-10-7-8-5-4-6-9(8)16-10/h7H,4-6H2,1-3H3,(H,13,14). The van der Waals surface area contributed by atoms with Crippen LogP contribution in [0.2, 0.25) is 0 Å². The molecule has 16 heavy (non-hydrogen) atoms. The van der Waals surface area contributed by atoms with Crippen molar-refractivity contribution in [3.05, 3.63) is 16.5 Å². The number of carbonyl (C=O) groups excluding carboxylic acids is 1. The molecule has 1 aromatic heterocycles. The lowest BCUT2D eigenvalue weighted by molar-refractivity contribution is 0.0636. The number of aryl methyl sites for hydroxylation is 2. The van der Waals surface area contributed by atoms with Crippen molar-refractivity contribution in [2.45, 2.75) is 45.6 Å². The van der Waals surface area contributed by atoms with Gasteiger partial charge in [0, 0.05) is 4.88 Å². The second-order valence-electron chi connectivity index (χ2n) is 5.04. The number of nitrogens with one attached hydrogen (secondary N) is 1. The van der Waals surface area contributed by atoms with Gasteiger partial charge < -0.3 is 4.74 Å². The molecule has 1 N–H and O–H groups in total. The highest BCUT2D eigenvalue weighted by molar-refractivity contribution is 7.16. The Balaban J connectivity index is 1.96. The Morgan fingerprint density at radius 1 is 1.44 bits per heavy atom. The van der Waals surface area contributed by atoms with Crippen molar-refractivity contribution in [1.82, 2.24) is 0 Å². The van der Waals surface area contributed by atoms with E-state index in [4.69, 9.17) is 4.74 Å². The summed E-state index contributed by atoms with van der Waals surface area (Å²) in [5.41, 5.74) is 0.945. The van der Waals surface area contributed by atoms with Crippen molar-refractivity contribution in [2.24, 2.45) is 0 Å². The van der Waals surface area contributed by atoms with E-state index in [9.17, 15) is 4.79 Å². The number of fused-ring (bicyclic) bond motifs is 1. The fourth-order valence-corrected chi connectivity index (χ4v) is 2.93. The van der Waals surface area contributed by atoms with Crippen LogP contribution < -0.4 is 5.32 Å². The molecule has 0 saturated heterocycles. The monoisotopic (exact) mass is 239 g/mol. The predicted octanol–water partition coefficient (Wildman–Crippen LogP) is 3.58. The average molecular weight is 239 g/mol. The van der Waals surface area contributed by atoms with Gasteiger partial charge in [-0.1, -0.05) is 0 Å². The molecular formula is C12H17NO2S. The first-order chi connectivity index (χ1) is 7.44. The largest absolute Gasteiger partial charge is 0.444 e. The summed E-state index contributed by atoms with van der Waals surface area (Å²) in [6.07, 6.45) is 3.17. The van der Waals surface area contributed by atoms with Gasteiger partial charge in [-0.2, -0.15) is 0 Å². The van der Waals surface area contributed by atoms with Gasteiger partial charge in [0.1, 0.15) is 5.60 Å². The molecular weight excluding hydrogens is 222 g/mol. The Kier molecular flexibility index (Phi) is 2.93. The number of thiophene rings is 1. The normalized spacial score (nSPS) is 14.7. The summed E-state index contributed by atoms with van der Waals surface area (Å²) in [5, 5.41) is 3.69. The van der Waals surface area contributed by atoms with E-state index >= 15 is 0 Å². The Morgan fingerprint density at radius 2 is 2.19 bits per heavy atom. The predicted molar refractivity (Wildman–Crippen MR) is 66.2 cm³/mol. The molecule has 4 heteroatoms. The van der Waals surface area contributed by atoms with Crippen LogP contribution in [0, 0.1) is 0 Å². The zero-order valence-electron chi connectivity index (χ0n) is 9.92. The molecule has 1 amide bonds. The van der Waals surface area contributed by atoms with Crippen LogP contribution in [0.15, 0.2) is 6.07 Å². The van der Waals surface area contributed by atoms with Gasteiger partial charge in [0.2, 0.25) is 0 Å². The van der Waals surface area contributed by atoms with Gasteiger partial charge in [-0.25, -0.2) is 4.79 Å². The lowest BCUT2D eigenvalue weighted by atomic mass is 10.2. The van der Waals surface area contributed by atoms with Gasteiger partial charge in [-0.3, -0.25) is 5.32 Å². The minimum absolute atomic E-state index is 0.368. The average Bonchev–Trinajstić information content (AvgIpc) is 2.58. The van der Waals surface area contributed by atoms with E-state index in [0.717, 1.165) is 17.8 Å². The first kappa shape index (κ1) is 11.5. The van der Waals surface area contributed by atoms with Gasteiger partial charge in [0.15, 0.2) is 0 Å². The molecule has 88 valence electrons. The van der Waals surface area contributed by atoms with E-state index in [1.165, 1.54) is 16.9 Å². The third-order valence-electron chi connectivity index (χ3n) is 2.37. The maximum absolute atomic E-state index is 11.5. The summed E-state index contributed by atoms with van der Waals surface area (Å²) in [6, 6.07) is 2.07. The smallest absolute Gasteiger partial charge is 0.412 e.